The van der Waals surface area contributed by atoms with Gasteiger partial charge in [0.2, 0.25) is 0 Å². The average molecular weight is 283 g/mol. The van der Waals surface area contributed by atoms with Crippen LogP contribution < -0.4 is 0 Å². The lowest BCUT2D eigenvalue weighted by atomic mass is 10.2. The smallest absolute Gasteiger partial charge is 0.257 e. The number of carbonyl (C=O) groups is 1. The molecule has 0 N–H and O–H groups in total. The van der Waals surface area contributed by atoms with Gasteiger partial charge in [0.1, 0.15) is 11.0 Å². The summed E-state index contributed by atoms with van der Waals surface area (Å²) in [5.41, 5.74) is 0.0791. The van der Waals surface area contributed by atoms with Gasteiger partial charge >= 0.3 is 0 Å². The van der Waals surface area contributed by atoms with Crippen LogP contribution in [0.2, 0.25) is 5.15 Å². The van der Waals surface area contributed by atoms with E-state index in [2.05, 4.69) is 11.1 Å². The highest BCUT2D eigenvalue weighted by molar-refractivity contribution is 6.32. The fourth-order valence-corrected chi connectivity index (χ4v) is 2.14. The van der Waals surface area contributed by atoms with E-state index in [1.165, 1.54) is 0 Å². The number of amides is 1. The highest BCUT2D eigenvalue weighted by atomic mass is 35.5. The van der Waals surface area contributed by atoms with Crippen LogP contribution in [0.3, 0.4) is 0 Å². The van der Waals surface area contributed by atoms with Gasteiger partial charge in [0.25, 0.3) is 5.91 Å². The molecule has 19 heavy (non-hydrogen) atoms. The lowest BCUT2D eigenvalue weighted by Gasteiger charge is -2.33. The van der Waals surface area contributed by atoms with Crippen LogP contribution in [0.1, 0.15) is 10.4 Å². The van der Waals surface area contributed by atoms with Crippen LogP contribution in [0.5, 0.6) is 0 Å². The van der Waals surface area contributed by atoms with E-state index < -0.39 is 5.82 Å². The van der Waals surface area contributed by atoms with Gasteiger partial charge in [-0.05, 0) is 6.07 Å². The van der Waals surface area contributed by atoms with Crippen molar-refractivity contribution in [2.24, 2.45) is 0 Å². The normalized spacial score (nSPS) is 16.2. The van der Waals surface area contributed by atoms with E-state index >= 15 is 0 Å². The number of aromatic nitrogens is 1. The molecular formula is C12H12ClFN4O. The Kier molecular flexibility index (Phi) is 4.30. The van der Waals surface area contributed by atoms with Crippen LogP contribution in [-0.2, 0) is 0 Å². The van der Waals surface area contributed by atoms with Crippen LogP contribution in [-0.4, -0.2) is 53.4 Å². The maximum Gasteiger partial charge on any atom is 0.257 e. The van der Waals surface area contributed by atoms with Gasteiger partial charge in [-0.3, -0.25) is 9.69 Å². The first-order valence-corrected chi connectivity index (χ1v) is 6.19. The van der Waals surface area contributed by atoms with Crippen molar-refractivity contribution in [3.63, 3.8) is 0 Å². The van der Waals surface area contributed by atoms with E-state index in [4.69, 9.17) is 16.9 Å². The summed E-state index contributed by atoms with van der Waals surface area (Å²) in [4.78, 5) is 19.4. The molecule has 7 heteroatoms. The molecule has 2 rings (SSSR count). The third-order valence-electron chi connectivity index (χ3n) is 2.99. The molecule has 2 heterocycles. The number of halogens is 2. The molecule has 100 valence electrons. The molecule has 5 nitrogen and oxygen atoms in total. The van der Waals surface area contributed by atoms with Gasteiger partial charge < -0.3 is 4.90 Å². The van der Waals surface area contributed by atoms with Gasteiger partial charge in [0.05, 0.1) is 24.4 Å². The molecule has 0 radical (unpaired) electrons. The number of rotatable bonds is 2. The minimum Gasteiger partial charge on any atom is -0.336 e. The van der Waals surface area contributed by atoms with Crippen molar-refractivity contribution in [3.8, 4) is 6.07 Å². The Hall–Kier alpha value is -1.71. The highest BCUT2D eigenvalue weighted by Gasteiger charge is 2.24. The summed E-state index contributed by atoms with van der Waals surface area (Å²) in [6, 6.07) is 3.17. The van der Waals surface area contributed by atoms with Crippen molar-refractivity contribution in [2.45, 2.75) is 0 Å². The van der Waals surface area contributed by atoms with E-state index in [1.54, 1.807) is 4.90 Å². The van der Waals surface area contributed by atoms with Gasteiger partial charge in [-0.2, -0.15) is 5.26 Å². The SMILES string of the molecule is N#CCN1CCN(C(=O)c2cc(F)cnc2Cl)CC1. The predicted octanol–water partition coefficient (Wildman–Crippen LogP) is 1.16. The second-order valence-electron chi connectivity index (χ2n) is 4.22. The van der Waals surface area contributed by atoms with Crippen LogP contribution >= 0.6 is 11.6 Å². The Morgan fingerprint density at radius 1 is 1.47 bits per heavy atom. The van der Waals surface area contributed by atoms with Crippen molar-refractivity contribution in [2.75, 3.05) is 32.7 Å². The summed E-state index contributed by atoms with van der Waals surface area (Å²) in [5, 5.41) is 8.60. The molecule has 0 aliphatic carbocycles. The summed E-state index contributed by atoms with van der Waals surface area (Å²) in [6.45, 7) is 2.59. The van der Waals surface area contributed by atoms with Crippen molar-refractivity contribution in [1.82, 2.24) is 14.8 Å². The Morgan fingerprint density at radius 3 is 2.79 bits per heavy atom. The summed E-state index contributed by atoms with van der Waals surface area (Å²) in [5.74, 6) is -0.913. The van der Waals surface area contributed by atoms with Gasteiger partial charge in [0.15, 0.2) is 0 Å². The number of nitrogens with zero attached hydrogens (tertiary/aromatic N) is 4. The molecular weight excluding hydrogens is 271 g/mol. The molecule has 1 saturated heterocycles. The molecule has 0 unspecified atom stereocenters. The zero-order valence-corrected chi connectivity index (χ0v) is 10.9. The van der Waals surface area contributed by atoms with Crippen LogP contribution in [0.15, 0.2) is 12.3 Å². The molecule has 1 amide bonds. The minimum atomic E-state index is -0.587. The van der Waals surface area contributed by atoms with Gasteiger partial charge in [0, 0.05) is 26.2 Å². The summed E-state index contributed by atoms with van der Waals surface area (Å²) >= 11 is 5.81. The van der Waals surface area contributed by atoms with E-state index in [-0.39, 0.29) is 16.6 Å². The van der Waals surface area contributed by atoms with Crippen molar-refractivity contribution in [3.05, 3.63) is 28.8 Å². The average Bonchev–Trinajstić information content (AvgIpc) is 2.42. The van der Waals surface area contributed by atoms with Gasteiger partial charge in [-0.15, -0.1) is 0 Å². The molecule has 1 aliphatic heterocycles. The Morgan fingerprint density at radius 2 is 2.16 bits per heavy atom. The summed E-state index contributed by atoms with van der Waals surface area (Å²) in [7, 11) is 0. The van der Waals surface area contributed by atoms with Crippen molar-refractivity contribution in [1.29, 1.82) is 5.26 Å². The van der Waals surface area contributed by atoms with E-state index in [1.807, 2.05) is 4.90 Å². The number of carbonyl (C=O) groups excluding carboxylic acids is 1. The topological polar surface area (TPSA) is 60.2 Å². The maximum absolute atomic E-state index is 13.1. The number of pyridine rings is 1. The molecule has 0 aromatic carbocycles. The van der Waals surface area contributed by atoms with Gasteiger partial charge in [-0.25, -0.2) is 9.37 Å². The number of piperazine rings is 1. The Balaban J connectivity index is 2.05. The van der Waals surface area contributed by atoms with E-state index in [0.717, 1.165) is 12.3 Å². The lowest BCUT2D eigenvalue weighted by Crippen LogP contribution is -2.48. The van der Waals surface area contributed by atoms with Crippen LogP contribution in [0, 0.1) is 17.1 Å². The molecule has 1 fully saturated rings. The predicted molar refractivity (Wildman–Crippen MR) is 67.2 cm³/mol. The largest absolute Gasteiger partial charge is 0.336 e. The van der Waals surface area contributed by atoms with Crippen LogP contribution in [0.25, 0.3) is 0 Å². The highest BCUT2D eigenvalue weighted by Crippen LogP contribution is 2.17. The lowest BCUT2D eigenvalue weighted by molar-refractivity contribution is 0.0651. The first kappa shape index (κ1) is 13.7. The molecule has 0 spiro atoms. The standard InChI is InChI=1S/C12H12ClFN4O/c13-11-10(7-9(14)8-16-11)12(19)18-5-3-17(2-1-15)4-6-18/h7-8H,2-6H2. The Labute approximate surface area is 115 Å². The van der Waals surface area contributed by atoms with Crippen molar-refractivity contribution < 1.29 is 9.18 Å². The molecule has 1 aromatic heterocycles. The summed E-state index contributed by atoms with van der Waals surface area (Å²) in [6.07, 6.45) is 0.976. The zero-order chi connectivity index (χ0) is 13.8. The van der Waals surface area contributed by atoms with Crippen molar-refractivity contribution >= 4 is 17.5 Å². The second-order valence-corrected chi connectivity index (χ2v) is 4.58. The molecule has 1 aliphatic rings. The fraction of sp³-hybridized carbons (Fsp3) is 0.417. The molecule has 0 saturated carbocycles. The Bertz CT molecular complexity index is 523. The maximum atomic E-state index is 13.1. The minimum absolute atomic E-state index is 0.00542. The first-order chi connectivity index (χ1) is 9.11. The summed E-state index contributed by atoms with van der Waals surface area (Å²) < 4.78 is 13.1. The fourth-order valence-electron chi connectivity index (χ4n) is 1.95. The monoisotopic (exact) mass is 282 g/mol. The molecule has 1 aromatic rings. The van der Waals surface area contributed by atoms with Crippen LogP contribution in [0.4, 0.5) is 4.39 Å². The third-order valence-corrected chi connectivity index (χ3v) is 3.29. The quantitative estimate of drug-likeness (QED) is 0.603. The van der Waals surface area contributed by atoms with E-state index in [0.29, 0.717) is 32.7 Å². The molecule has 0 atom stereocenters. The molecule has 0 bridgehead atoms. The third kappa shape index (κ3) is 3.19. The number of hydrogen-bond donors (Lipinski definition) is 0. The van der Waals surface area contributed by atoms with E-state index in [9.17, 15) is 9.18 Å². The number of hydrogen-bond acceptors (Lipinski definition) is 4. The second kappa shape index (κ2) is 5.95. The number of nitriles is 1. The van der Waals surface area contributed by atoms with Gasteiger partial charge in [-0.1, -0.05) is 11.6 Å². The zero-order valence-electron chi connectivity index (χ0n) is 10.1. The first-order valence-electron chi connectivity index (χ1n) is 5.81.